The molecule has 1 heterocycles. The van der Waals surface area contributed by atoms with Crippen LogP contribution in [0.25, 0.3) is 0 Å². The van der Waals surface area contributed by atoms with E-state index < -0.39 is 11.8 Å². The summed E-state index contributed by atoms with van der Waals surface area (Å²) >= 11 is 0. The van der Waals surface area contributed by atoms with E-state index in [1.54, 1.807) is 0 Å². The standard InChI is InChI=1S/C19H29N3O2/c1-4-16-7-5-6-8-17(16)21-19(24)18(23)20-13-15-9-11-22(12-10-15)14(2)3/h5-8,14-15H,4,9-13H2,1-3H3,(H,20,23)(H,21,24). The lowest BCUT2D eigenvalue weighted by Crippen LogP contribution is -2.43. The van der Waals surface area contributed by atoms with Crippen LogP contribution in [-0.2, 0) is 16.0 Å². The zero-order chi connectivity index (χ0) is 17.5. The van der Waals surface area contributed by atoms with Crippen molar-refractivity contribution in [2.75, 3.05) is 25.0 Å². The Morgan fingerprint density at radius 2 is 1.83 bits per heavy atom. The van der Waals surface area contributed by atoms with Crippen LogP contribution in [0.4, 0.5) is 5.69 Å². The smallest absolute Gasteiger partial charge is 0.313 e. The summed E-state index contributed by atoms with van der Waals surface area (Å²) in [6.07, 6.45) is 2.95. The van der Waals surface area contributed by atoms with Gasteiger partial charge >= 0.3 is 11.8 Å². The molecule has 0 bridgehead atoms. The molecule has 0 atom stereocenters. The molecule has 2 amide bonds. The van der Waals surface area contributed by atoms with Crippen LogP contribution in [0, 0.1) is 5.92 Å². The van der Waals surface area contributed by atoms with Gasteiger partial charge in [-0.1, -0.05) is 25.1 Å². The number of benzene rings is 1. The summed E-state index contributed by atoms with van der Waals surface area (Å²) in [5.74, 6) is -0.678. The van der Waals surface area contributed by atoms with Crippen LogP contribution in [0.2, 0.25) is 0 Å². The van der Waals surface area contributed by atoms with E-state index in [1.165, 1.54) is 0 Å². The summed E-state index contributed by atoms with van der Waals surface area (Å²) in [6, 6.07) is 8.14. The molecular weight excluding hydrogens is 302 g/mol. The van der Waals surface area contributed by atoms with Crippen molar-refractivity contribution in [3.8, 4) is 0 Å². The Bertz CT molecular complexity index is 563. The Balaban J connectivity index is 1.77. The molecule has 0 unspecified atom stereocenters. The number of anilines is 1. The highest BCUT2D eigenvalue weighted by atomic mass is 16.2. The first-order chi connectivity index (χ1) is 11.5. The highest BCUT2D eigenvalue weighted by Crippen LogP contribution is 2.18. The third kappa shape index (κ3) is 5.06. The molecule has 2 rings (SSSR count). The van der Waals surface area contributed by atoms with Crippen molar-refractivity contribution in [3.63, 3.8) is 0 Å². The molecule has 1 fully saturated rings. The van der Waals surface area contributed by atoms with Crippen molar-refractivity contribution in [2.24, 2.45) is 5.92 Å². The molecule has 5 nitrogen and oxygen atoms in total. The average Bonchev–Trinajstić information content (AvgIpc) is 2.60. The van der Waals surface area contributed by atoms with Crippen molar-refractivity contribution < 1.29 is 9.59 Å². The maximum absolute atomic E-state index is 12.1. The fourth-order valence-electron chi connectivity index (χ4n) is 3.12. The predicted molar refractivity (Wildman–Crippen MR) is 96.9 cm³/mol. The third-order valence-corrected chi connectivity index (χ3v) is 4.78. The van der Waals surface area contributed by atoms with Gasteiger partial charge in [0.05, 0.1) is 0 Å². The van der Waals surface area contributed by atoms with Gasteiger partial charge in [0.2, 0.25) is 0 Å². The minimum Gasteiger partial charge on any atom is -0.348 e. The van der Waals surface area contributed by atoms with Gasteiger partial charge in [-0.05, 0) is 63.7 Å². The van der Waals surface area contributed by atoms with E-state index in [-0.39, 0.29) is 0 Å². The van der Waals surface area contributed by atoms with Gasteiger partial charge in [-0.25, -0.2) is 0 Å². The average molecular weight is 331 g/mol. The molecule has 1 aliphatic rings. The van der Waals surface area contributed by atoms with Crippen LogP contribution in [0.15, 0.2) is 24.3 Å². The monoisotopic (exact) mass is 331 g/mol. The number of hydrogen-bond donors (Lipinski definition) is 2. The molecule has 1 aromatic rings. The maximum atomic E-state index is 12.1. The predicted octanol–water partition coefficient (Wildman–Crippen LogP) is 2.42. The second-order valence-corrected chi connectivity index (χ2v) is 6.75. The van der Waals surface area contributed by atoms with Gasteiger partial charge in [-0.3, -0.25) is 9.59 Å². The van der Waals surface area contributed by atoms with Crippen molar-refractivity contribution in [1.29, 1.82) is 0 Å². The van der Waals surface area contributed by atoms with E-state index in [9.17, 15) is 9.59 Å². The Hall–Kier alpha value is -1.88. The van der Waals surface area contributed by atoms with Gasteiger partial charge in [-0.15, -0.1) is 0 Å². The van der Waals surface area contributed by atoms with Gasteiger partial charge in [-0.2, -0.15) is 0 Å². The van der Waals surface area contributed by atoms with Crippen LogP contribution in [0.5, 0.6) is 0 Å². The van der Waals surface area contributed by atoms with E-state index in [2.05, 4.69) is 29.4 Å². The number of piperidine rings is 1. The number of likely N-dealkylation sites (tertiary alicyclic amines) is 1. The molecule has 0 aliphatic carbocycles. The van der Waals surface area contributed by atoms with Crippen LogP contribution in [0.1, 0.15) is 39.2 Å². The molecule has 5 heteroatoms. The Labute approximate surface area is 144 Å². The lowest BCUT2D eigenvalue weighted by Gasteiger charge is -2.34. The first-order valence-corrected chi connectivity index (χ1v) is 8.92. The quantitative estimate of drug-likeness (QED) is 0.815. The largest absolute Gasteiger partial charge is 0.348 e. The van der Waals surface area contributed by atoms with E-state index in [0.717, 1.165) is 37.9 Å². The number of hydrogen-bond acceptors (Lipinski definition) is 3. The number of aryl methyl sites for hydroxylation is 1. The van der Waals surface area contributed by atoms with Crippen LogP contribution in [0.3, 0.4) is 0 Å². The highest BCUT2D eigenvalue weighted by molar-refractivity contribution is 6.39. The topological polar surface area (TPSA) is 61.4 Å². The van der Waals surface area contributed by atoms with Crippen LogP contribution >= 0.6 is 0 Å². The lowest BCUT2D eigenvalue weighted by atomic mass is 9.96. The first-order valence-electron chi connectivity index (χ1n) is 8.92. The van der Waals surface area contributed by atoms with Crippen molar-refractivity contribution >= 4 is 17.5 Å². The fraction of sp³-hybridized carbons (Fsp3) is 0.579. The number of rotatable bonds is 5. The van der Waals surface area contributed by atoms with E-state index in [4.69, 9.17) is 0 Å². The number of nitrogens with one attached hydrogen (secondary N) is 2. The molecule has 1 aliphatic heterocycles. The second-order valence-electron chi connectivity index (χ2n) is 6.75. The number of amides is 2. The van der Waals surface area contributed by atoms with Gasteiger partial charge in [0.25, 0.3) is 0 Å². The Morgan fingerprint density at radius 3 is 2.46 bits per heavy atom. The second kappa shape index (κ2) is 8.83. The molecule has 1 aromatic carbocycles. The van der Waals surface area contributed by atoms with Crippen molar-refractivity contribution in [1.82, 2.24) is 10.2 Å². The number of carbonyl (C=O) groups excluding carboxylic acids is 2. The molecule has 0 spiro atoms. The summed E-state index contributed by atoms with van der Waals surface area (Å²) < 4.78 is 0. The zero-order valence-electron chi connectivity index (χ0n) is 15.0. The number of carbonyl (C=O) groups is 2. The summed E-state index contributed by atoms with van der Waals surface area (Å²) in [7, 11) is 0. The van der Waals surface area contributed by atoms with E-state index in [0.29, 0.717) is 24.2 Å². The minimum absolute atomic E-state index is 0.458. The van der Waals surface area contributed by atoms with E-state index >= 15 is 0 Å². The Morgan fingerprint density at radius 1 is 1.17 bits per heavy atom. The molecular formula is C19H29N3O2. The summed E-state index contributed by atoms with van der Waals surface area (Å²) in [4.78, 5) is 26.5. The molecule has 0 aromatic heterocycles. The molecule has 132 valence electrons. The van der Waals surface area contributed by atoms with Gasteiger partial charge < -0.3 is 15.5 Å². The fourth-order valence-corrected chi connectivity index (χ4v) is 3.12. The number of para-hydroxylation sites is 1. The maximum Gasteiger partial charge on any atom is 0.313 e. The van der Waals surface area contributed by atoms with Crippen LogP contribution in [-0.4, -0.2) is 42.4 Å². The van der Waals surface area contributed by atoms with Gasteiger partial charge in [0, 0.05) is 18.3 Å². The molecule has 0 saturated carbocycles. The highest BCUT2D eigenvalue weighted by Gasteiger charge is 2.22. The van der Waals surface area contributed by atoms with Gasteiger partial charge in [0.15, 0.2) is 0 Å². The minimum atomic E-state index is -0.587. The normalized spacial score (nSPS) is 16.2. The third-order valence-electron chi connectivity index (χ3n) is 4.78. The summed E-state index contributed by atoms with van der Waals surface area (Å²) in [5, 5.41) is 5.50. The molecule has 24 heavy (non-hydrogen) atoms. The Kier molecular flexibility index (Phi) is 6.79. The molecule has 1 saturated heterocycles. The summed E-state index contributed by atoms with van der Waals surface area (Å²) in [6.45, 7) is 9.14. The van der Waals surface area contributed by atoms with Crippen molar-refractivity contribution in [2.45, 2.75) is 46.1 Å². The van der Waals surface area contributed by atoms with E-state index in [1.807, 2.05) is 31.2 Å². The first kappa shape index (κ1) is 18.5. The number of nitrogens with zero attached hydrogens (tertiary/aromatic N) is 1. The molecule has 0 radical (unpaired) electrons. The zero-order valence-corrected chi connectivity index (χ0v) is 15.0. The van der Waals surface area contributed by atoms with Crippen LogP contribution < -0.4 is 10.6 Å². The van der Waals surface area contributed by atoms with Gasteiger partial charge in [0.1, 0.15) is 0 Å². The summed E-state index contributed by atoms with van der Waals surface area (Å²) in [5.41, 5.74) is 1.74. The SMILES string of the molecule is CCc1ccccc1NC(=O)C(=O)NCC1CCN(C(C)C)CC1. The van der Waals surface area contributed by atoms with Crippen molar-refractivity contribution in [3.05, 3.63) is 29.8 Å². The molecule has 2 N–H and O–H groups in total. The lowest BCUT2D eigenvalue weighted by molar-refractivity contribution is -0.136.